The maximum absolute atomic E-state index is 10.0. The Bertz CT molecular complexity index is 342. The molecule has 0 radical (unpaired) electrons. The quantitative estimate of drug-likeness (QED) is 0.731. The Hall–Kier alpha value is -1.04. The van der Waals surface area contributed by atoms with E-state index >= 15 is 0 Å². The van der Waals surface area contributed by atoms with E-state index in [9.17, 15) is 5.11 Å². The standard InChI is InChI=1S/C12H21N3O2/c1-10-14-6-4-11(15-10)8-13-9-12(2,16)5-7-17-3/h4,6,13,16H,5,7-9H2,1-3H3. The Balaban J connectivity index is 2.32. The maximum atomic E-state index is 10.0. The van der Waals surface area contributed by atoms with Gasteiger partial charge in [-0.2, -0.15) is 0 Å². The Labute approximate surface area is 102 Å². The third-order valence-corrected chi connectivity index (χ3v) is 2.49. The molecule has 0 amide bonds. The van der Waals surface area contributed by atoms with Crippen molar-refractivity contribution in [3.8, 4) is 0 Å². The summed E-state index contributed by atoms with van der Waals surface area (Å²) in [4.78, 5) is 8.31. The van der Waals surface area contributed by atoms with Gasteiger partial charge in [0.1, 0.15) is 5.82 Å². The molecule has 0 fully saturated rings. The number of aromatic nitrogens is 2. The van der Waals surface area contributed by atoms with Crippen molar-refractivity contribution in [2.24, 2.45) is 0 Å². The topological polar surface area (TPSA) is 67.3 Å². The predicted molar refractivity (Wildman–Crippen MR) is 65.6 cm³/mol. The normalized spacial score (nSPS) is 14.6. The van der Waals surface area contributed by atoms with Gasteiger partial charge >= 0.3 is 0 Å². The van der Waals surface area contributed by atoms with Crippen LogP contribution in [0.15, 0.2) is 12.3 Å². The van der Waals surface area contributed by atoms with Crippen LogP contribution in [0.5, 0.6) is 0 Å². The molecule has 1 rings (SSSR count). The van der Waals surface area contributed by atoms with Crippen molar-refractivity contribution in [2.45, 2.75) is 32.4 Å². The molecule has 5 heteroatoms. The average Bonchev–Trinajstić information content (AvgIpc) is 2.26. The van der Waals surface area contributed by atoms with Crippen LogP contribution in [-0.2, 0) is 11.3 Å². The molecule has 96 valence electrons. The number of hydrogen-bond acceptors (Lipinski definition) is 5. The molecule has 2 N–H and O–H groups in total. The van der Waals surface area contributed by atoms with E-state index in [2.05, 4.69) is 15.3 Å². The lowest BCUT2D eigenvalue weighted by molar-refractivity contribution is 0.0247. The van der Waals surface area contributed by atoms with Crippen LogP contribution in [0.1, 0.15) is 24.9 Å². The molecule has 1 unspecified atom stereocenters. The second-order valence-electron chi connectivity index (χ2n) is 4.44. The zero-order valence-electron chi connectivity index (χ0n) is 10.7. The fourth-order valence-electron chi connectivity index (χ4n) is 1.47. The van der Waals surface area contributed by atoms with Crippen molar-refractivity contribution >= 4 is 0 Å². The number of hydrogen-bond donors (Lipinski definition) is 2. The molecule has 0 spiro atoms. The smallest absolute Gasteiger partial charge is 0.125 e. The first-order valence-corrected chi connectivity index (χ1v) is 5.74. The van der Waals surface area contributed by atoms with E-state index in [-0.39, 0.29) is 0 Å². The lowest BCUT2D eigenvalue weighted by atomic mass is 10.0. The Kier molecular flexibility index (Phi) is 5.47. The summed E-state index contributed by atoms with van der Waals surface area (Å²) >= 11 is 0. The first-order valence-electron chi connectivity index (χ1n) is 5.74. The first kappa shape index (κ1) is 14.0. The molecule has 1 aromatic rings. The van der Waals surface area contributed by atoms with Crippen molar-refractivity contribution in [3.63, 3.8) is 0 Å². The van der Waals surface area contributed by atoms with E-state index in [1.54, 1.807) is 20.2 Å². The van der Waals surface area contributed by atoms with Gasteiger partial charge in [0, 0.05) is 39.4 Å². The van der Waals surface area contributed by atoms with Gasteiger partial charge in [0.15, 0.2) is 0 Å². The fourth-order valence-corrected chi connectivity index (χ4v) is 1.47. The van der Waals surface area contributed by atoms with Crippen LogP contribution in [0.2, 0.25) is 0 Å². The summed E-state index contributed by atoms with van der Waals surface area (Å²) in [5.74, 6) is 0.760. The van der Waals surface area contributed by atoms with Gasteiger partial charge in [-0.15, -0.1) is 0 Å². The molecular weight excluding hydrogens is 218 g/mol. The van der Waals surface area contributed by atoms with Gasteiger partial charge in [-0.05, 0) is 19.9 Å². The highest BCUT2D eigenvalue weighted by molar-refractivity contribution is 5.01. The number of aryl methyl sites for hydroxylation is 1. The second kappa shape index (κ2) is 6.64. The van der Waals surface area contributed by atoms with Gasteiger partial charge in [0.05, 0.1) is 11.3 Å². The Morgan fingerprint density at radius 3 is 2.94 bits per heavy atom. The van der Waals surface area contributed by atoms with Crippen LogP contribution in [0, 0.1) is 6.92 Å². The molecule has 0 aliphatic rings. The highest BCUT2D eigenvalue weighted by Gasteiger charge is 2.19. The Morgan fingerprint density at radius 1 is 1.53 bits per heavy atom. The Morgan fingerprint density at radius 2 is 2.29 bits per heavy atom. The summed E-state index contributed by atoms with van der Waals surface area (Å²) < 4.78 is 4.95. The average molecular weight is 239 g/mol. The minimum absolute atomic E-state index is 0.513. The summed E-state index contributed by atoms with van der Waals surface area (Å²) in [6, 6.07) is 1.86. The number of aliphatic hydroxyl groups is 1. The van der Waals surface area contributed by atoms with E-state index in [4.69, 9.17) is 4.74 Å². The predicted octanol–water partition coefficient (Wildman–Crippen LogP) is 0.662. The highest BCUT2D eigenvalue weighted by Crippen LogP contribution is 2.07. The van der Waals surface area contributed by atoms with E-state index in [1.807, 2.05) is 13.0 Å². The van der Waals surface area contributed by atoms with E-state index in [0.29, 0.717) is 26.1 Å². The maximum Gasteiger partial charge on any atom is 0.125 e. The van der Waals surface area contributed by atoms with Crippen LogP contribution >= 0.6 is 0 Å². The molecule has 1 heterocycles. The number of nitrogens with zero attached hydrogens (tertiary/aromatic N) is 2. The van der Waals surface area contributed by atoms with Gasteiger partial charge in [0.25, 0.3) is 0 Å². The number of rotatable bonds is 7. The van der Waals surface area contributed by atoms with Crippen molar-refractivity contribution in [2.75, 3.05) is 20.3 Å². The summed E-state index contributed by atoms with van der Waals surface area (Å²) in [6.45, 7) is 5.36. The van der Waals surface area contributed by atoms with E-state index in [0.717, 1.165) is 11.5 Å². The monoisotopic (exact) mass is 239 g/mol. The van der Waals surface area contributed by atoms with Crippen molar-refractivity contribution < 1.29 is 9.84 Å². The van der Waals surface area contributed by atoms with E-state index < -0.39 is 5.60 Å². The third-order valence-electron chi connectivity index (χ3n) is 2.49. The van der Waals surface area contributed by atoms with Gasteiger partial charge in [-0.1, -0.05) is 0 Å². The molecule has 0 aliphatic heterocycles. The lowest BCUT2D eigenvalue weighted by Crippen LogP contribution is -2.38. The lowest BCUT2D eigenvalue weighted by Gasteiger charge is -2.23. The summed E-state index contributed by atoms with van der Waals surface area (Å²) in [5.41, 5.74) is 0.179. The minimum Gasteiger partial charge on any atom is -0.389 e. The molecule has 0 bridgehead atoms. The summed E-state index contributed by atoms with van der Waals surface area (Å²) in [6.07, 6.45) is 2.35. The molecule has 1 aromatic heterocycles. The summed E-state index contributed by atoms with van der Waals surface area (Å²) in [5, 5.41) is 13.2. The van der Waals surface area contributed by atoms with Gasteiger partial charge in [-0.3, -0.25) is 0 Å². The zero-order valence-corrected chi connectivity index (χ0v) is 10.7. The first-order chi connectivity index (χ1) is 8.03. The van der Waals surface area contributed by atoms with Gasteiger partial charge in [0.2, 0.25) is 0 Å². The van der Waals surface area contributed by atoms with Crippen molar-refractivity contribution in [1.29, 1.82) is 0 Å². The molecular formula is C12H21N3O2. The molecule has 0 saturated carbocycles. The second-order valence-corrected chi connectivity index (χ2v) is 4.44. The van der Waals surface area contributed by atoms with Crippen LogP contribution in [0.4, 0.5) is 0 Å². The SMILES string of the molecule is COCCC(C)(O)CNCc1ccnc(C)n1. The molecule has 0 aromatic carbocycles. The van der Waals surface area contributed by atoms with Crippen LogP contribution in [0.25, 0.3) is 0 Å². The fraction of sp³-hybridized carbons (Fsp3) is 0.667. The zero-order chi connectivity index (χ0) is 12.7. The number of methoxy groups -OCH3 is 1. The number of nitrogens with one attached hydrogen (secondary N) is 1. The summed E-state index contributed by atoms with van der Waals surface area (Å²) in [7, 11) is 1.63. The van der Waals surface area contributed by atoms with Gasteiger partial charge in [-0.25, -0.2) is 9.97 Å². The van der Waals surface area contributed by atoms with Crippen LogP contribution < -0.4 is 5.32 Å². The molecule has 1 atom stereocenters. The number of ether oxygens (including phenoxy) is 1. The molecule has 17 heavy (non-hydrogen) atoms. The van der Waals surface area contributed by atoms with Crippen LogP contribution in [0.3, 0.4) is 0 Å². The van der Waals surface area contributed by atoms with E-state index in [1.165, 1.54) is 0 Å². The van der Waals surface area contributed by atoms with Gasteiger partial charge < -0.3 is 15.2 Å². The largest absolute Gasteiger partial charge is 0.389 e. The molecule has 0 aliphatic carbocycles. The van der Waals surface area contributed by atoms with Crippen molar-refractivity contribution in [1.82, 2.24) is 15.3 Å². The molecule has 0 saturated heterocycles. The van der Waals surface area contributed by atoms with Crippen LogP contribution in [-0.4, -0.2) is 40.9 Å². The van der Waals surface area contributed by atoms with Crippen molar-refractivity contribution in [3.05, 3.63) is 23.8 Å². The molecule has 5 nitrogen and oxygen atoms in total. The third kappa shape index (κ3) is 5.72. The highest BCUT2D eigenvalue weighted by atomic mass is 16.5. The minimum atomic E-state index is -0.752.